The summed E-state index contributed by atoms with van der Waals surface area (Å²) in [4.78, 5) is 50.1. The smallest absolute Gasteiger partial charge is 0.346 e. The van der Waals surface area contributed by atoms with Crippen molar-refractivity contribution < 1.29 is 33.5 Å². The number of carbonyl (C=O) groups is 4. The first-order valence-corrected chi connectivity index (χ1v) is 9.89. The maximum absolute atomic E-state index is 14.8. The lowest BCUT2D eigenvalue weighted by Crippen LogP contribution is -2.52. The molecule has 10 heteroatoms. The van der Waals surface area contributed by atoms with Gasteiger partial charge in [-0.15, -0.1) is 0 Å². The van der Waals surface area contributed by atoms with Crippen molar-refractivity contribution in [2.75, 3.05) is 0 Å². The van der Waals surface area contributed by atoms with Crippen LogP contribution in [0.25, 0.3) is 0 Å². The summed E-state index contributed by atoms with van der Waals surface area (Å²) in [5, 5.41) is 1.74. The summed E-state index contributed by atoms with van der Waals surface area (Å²) in [6.07, 6.45) is 0.0794. The average molecular weight is 466 g/mol. The molecule has 1 atom stereocenters. The number of halogens is 3. The minimum Gasteiger partial charge on any atom is -0.346 e. The van der Waals surface area contributed by atoms with E-state index >= 15 is 0 Å². The van der Waals surface area contributed by atoms with Crippen LogP contribution in [-0.4, -0.2) is 34.6 Å². The van der Waals surface area contributed by atoms with E-state index in [1.165, 1.54) is 0 Å². The number of nitrogens with zero attached hydrogens (tertiary/aromatic N) is 1. The van der Waals surface area contributed by atoms with E-state index in [2.05, 4.69) is 5.32 Å². The van der Waals surface area contributed by atoms with Gasteiger partial charge in [0.2, 0.25) is 11.8 Å². The summed E-state index contributed by atoms with van der Waals surface area (Å²) in [5.74, 6) is -8.21. The van der Waals surface area contributed by atoms with Crippen LogP contribution in [0.4, 0.5) is 8.78 Å². The third-order valence-electron chi connectivity index (χ3n) is 5.19. The molecule has 0 aromatic heterocycles. The molecule has 0 aliphatic carbocycles. The Morgan fingerprint density at radius 2 is 2.00 bits per heavy atom. The molecule has 0 spiro atoms. The Bertz CT molecular complexity index is 1290. The fourth-order valence-electron chi connectivity index (χ4n) is 3.52. The minimum absolute atomic E-state index is 0.00130. The van der Waals surface area contributed by atoms with E-state index < -0.39 is 64.6 Å². The topological polar surface area (TPSA) is 95.6 Å². The van der Waals surface area contributed by atoms with Crippen LogP contribution in [0.5, 0.6) is 0 Å². The van der Waals surface area contributed by atoms with Gasteiger partial charge in [0, 0.05) is 35.6 Å². The van der Waals surface area contributed by atoms with Gasteiger partial charge in [0.05, 0.1) is 4.11 Å². The Kier molecular flexibility index (Phi) is 4.48. The molecule has 0 bridgehead atoms. The zero-order valence-electron chi connectivity index (χ0n) is 20.3. The van der Waals surface area contributed by atoms with E-state index in [0.717, 1.165) is 41.3 Å². The molecule has 2 aromatic carbocycles. The number of rotatable bonds is 5. The molecule has 2 heterocycles. The molecule has 32 heavy (non-hydrogen) atoms. The normalized spacial score (nSPS) is 20.7. The summed E-state index contributed by atoms with van der Waals surface area (Å²) < 4.78 is 62.4. The predicted molar refractivity (Wildman–Crippen MR) is 110 cm³/mol. The average Bonchev–Trinajstić information content (AvgIpc) is 3.15. The number of alkyl halides is 2. The first-order chi connectivity index (χ1) is 16.8. The zero-order chi connectivity index (χ0) is 26.6. The van der Waals surface area contributed by atoms with E-state index in [9.17, 15) is 28.0 Å². The van der Waals surface area contributed by atoms with Crippen LogP contribution in [0.2, 0.25) is 6.43 Å². The summed E-state index contributed by atoms with van der Waals surface area (Å²) in [5.41, 5.74) is -1.38. The predicted octanol–water partition coefficient (Wildman–Crippen LogP) is 2.51. The van der Waals surface area contributed by atoms with Crippen LogP contribution in [0.1, 0.15) is 44.0 Å². The lowest BCUT2D eigenvalue weighted by atomic mass is 10.0. The number of benzene rings is 2. The standard InChI is InChI=1S/C22H18ClF2N3O4/c23-15-4-2-14(3-5-15)22(24,25)21(32)26-10-12-1-6-16-13(9-12)11-28(20(16)31)17-7-8-18(29)27-19(17)30/h1-6,9,17H,7-8,10-11H2,(H,26,32)(H,27,29,30)/i9D,10D2/hD. The molecular weight excluding hydrogens is 444 g/mol. The first kappa shape index (κ1) is 17.3. The minimum atomic E-state index is -4.27. The van der Waals surface area contributed by atoms with Gasteiger partial charge < -0.3 is 10.2 Å². The Balaban J connectivity index is 1.63. The van der Waals surface area contributed by atoms with Crippen molar-refractivity contribution in [3.05, 3.63) is 69.7 Å². The van der Waals surface area contributed by atoms with Gasteiger partial charge >= 0.3 is 5.92 Å². The maximum Gasteiger partial charge on any atom is 0.349 e. The Labute approximate surface area is 192 Å². The number of carbonyl (C=O) groups excluding carboxylic acids is 4. The van der Waals surface area contributed by atoms with Crippen molar-refractivity contribution in [3.63, 3.8) is 0 Å². The Morgan fingerprint density at radius 1 is 1.28 bits per heavy atom. The van der Waals surface area contributed by atoms with Crippen LogP contribution < -0.4 is 10.6 Å². The van der Waals surface area contributed by atoms with Gasteiger partial charge in [0.1, 0.15) is 6.04 Å². The number of fused-ring (bicyclic) bond motifs is 1. The highest BCUT2D eigenvalue weighted by Gasteiger charge is 2.41. The molecule has 4 rings (SSSR count). The van der Waals surface area contributed by atoms with E-state index in [1.54, 1.807) is 0 Å². The molecule has 166 valence electrons. The molecule has 1 unspecified atom stereocenters. The second-order valence-electron chi connectivity index (χ2n) is 7.27. The lowest BCUT2D eigenvalue weighted by Gasteiger charge is -2.29. The van der Waals surface area contributed by atoms with Crippen LogP contribution in [0.15, 0.2) is 42.4 Å². The lowest BCUT2D eigenvalue weighted by molar-refractivity contribution is -0.147. The molecule has 2 aliphatic rings. The second-order valence-corrected chi connectivity index (χ2v) is 7.71. The van der Waals surface area contributed by atoms with Gasteiger partial charge in [-0.05, 0) is 35.7 Å². The molecule has 0 saturated carbocycles. The van der Waals surface area contributed by atoms with Crippen LogP contribution in [0.3, 0.4) is 0 Å². The third-order valence-corrected chi connectivity index (χ3v) is 5.44. The maximum atomic E-state index is 14.8. The number of imide groups is 1. The molecule has 4 amide bonds. The van der Waals surface area contributed by atoms with Gasteiger partial charge in [-0.2, -0.15) is 8.78 Å². The van der Waals surface area contributed by atoms with Gasteiger partial charge in [0.25, 0.3) is 11.8 Å². The highest BCUT2D eigenvalue weighted by molar-refractivity contribution is 6.30. The number of hydrogen-bond donors (Lipinski definition) is 2. The summed E-state index contributed by atoms with van der Waals surface area (Å²) in [7, 11) is 0. The van der Waals surface area contributed by atoms with Crippen LogP contribution >= 0.6 is 11.6 Å². The fraction of sp³-hybridized carbons (Fsp3) is 0.273. The van der Waals surface area contributed by atoms with Gasteiger partial charge in [-0.1, -0.05) is 35.8 Å². The summed E-state index contributed by atoms with van der Waals surface area (Å²) in [6.45, 7) is -3.44. The third kappa shape index (κ3) is 4.08. The molecular formula is C22H18ClF2N3O4. The van der Waals surface area contributed by atoms with Gasteiger partial charge in [0.15, 0.2) is 1.41 Å². The molecule has 1 saturated heterocycles. The first-order valence-electron chi connectivity index (χ1n) is 11.5. The van der Waals surface area contributed by atoms with Crippen molar-refractivity contribution in [1.29, 1.82) is 0 Å². The zero-order valence-corrected chi connectivity index (χ0v) is 17.1. The molecule has 7 nitrogen and oxygen atoms in total. The van der Waals surface area contributed by atoms with E-state index in [-0.39, 0.29) is 35.5 Å². The molecule has 2 aromatic rings. The highest BCUT2D eigenvalue weighted by Crippen LogP contribution is 2.30. The Morgan fingerprint density at radius 3 is 2.69 bits per heavy atom. The summed E-state index contributed by atoms with van der Waals surface area (Å²) in [6, 6.07) is 4.58. The van der Waals surface area contributed by atoms with Crippen molar-refractivity contribution in [2.24, 2.45) is 0 Å². The number of nitrogens with one attached hydrogen (secondary N) is 2. The molecule has 0 radical (unpaired) electrons. The van der Waals surface area contributed by atoms with Crippen LogP contribution in [0, 0.1) is 0 Å². The largest absolute Gasteiger partial charge is 0.349 e. The summed E-state index contributed by atoms with van der Waals surface area (Å²) >= 11 is 5.68. The number of hydrogen-bond acceptors (Lipinski definition) is 4. The SMILES string of the molecule is [2H]c1c(C([2H])([2H])N([2H])C(=O)C(F)(F)c2ccc(Cl)cc2)ccc2c1CN(C1CCC(=O)NC1=O)C2=O. The van der Waals surface area contributed by atoms with E-state index in [1.807, 2.05) is 0 Å². The highest BCUT2D eigenvalue weighted by atomic mass is 35.5. The van der Waals surface area contributed by atoms with Crippen molar-refractivity contribution in [1.82, 2.24) is 15.5 Å². The Hall–Kier alpha value is -3.33. The quantitative estimate of drug-likeness (QED) is 0.663. The van der Waals surface area contributed by atoms with Crippen LogP contribution in [-0.2, 0) is 33.3 Å². The van der Waals surface area contributed by atoms with Crippen molar-refractivity contribution in [3.8, 4) is 0 Å². The molecule has 1 fully saturated rings. The van der Waals surface area contributed by atoms with Gasteiger partial charge in [-0.25, -0.2) is 0 Å². The van der Waals surface area contributed by atoms with Crippen molar-refractivity contribution in [2.45, 2.75) is 37.8 Å². The van der Waals surface area contributed by atoms with Gasteiger partial charge in [-0.3, -0.25) is 24.5 Å². The second kappa shape index (κ2) is 8.31. The fourth-order valence-corrected chi connectivity index (χ4v) is 3.65. The number of amides is 4. The van der Waals surface area contributed by atoms with Crippen molar-refractivity contribution >= 4 is 35.2 Å². The molecule has 2 aliphatic heterocycles. The molecule has 2 N–H and O–H groups in total. The number of piperidine rings is 1. The monoisotopic (exact) mass is 465 g/mol. The van der Waals surface area contributed by atoms with E-state index in [0.29, 0.717) is 0 Å². The van der Waals surface area contributed by atoms with E-state index in [4.69, 9.17) is 17.1 Å².